The summed E-state index contributed by atoms with van der Waals surface area (Å²) in [6.45, 7) is 4.02. The summed E-state index contributed by atoms with van der Waals surface area (Å²) in [6, 6.07) is 6.51. The zero-order chi connectivity index (χ0) is 17.4. The predicted octanol–water partition coefficient (Wildman–Crippen LogP) is 2.17. The van der Waals surface area contributed by atoms with Crippen molar-refractivity contribution in [1.82, 2.24) is 25.0 Å². The average molecular weight is 337 g/mol. The zero-order valence-corrected chi connectivity index (χ0v) is 14.9. The number of fused-ring (bicyclic) bond motifs is 1. The van der Waals surface area contributed by atoms with Gasteiger partial charge in [-0.2, -0.15) is 10.2 Å². The van der Waals surface area contributed by atoms with Crippen LogP contribution in [0, 0.1) is 6.92 Å². The minimum absolute atomic E-state index is 0.432. The molecule has 4 heterocycles. The molecular formula is C18H23N7. The highest BCUT2D eigenvalue weighted by Crippen LogP contribution is 2.29. The topological polar surface area (TPSA) is 63.0 Å². The Balaban J connectivity index is 1.61. The van der Waals surface area contributed by atoms with Crippen LogP contribution in [0.5, 0.6) is 0 Å². The molecule has 1 aliphatic heterocycles. The van der Waals surface area contributed by atoms with Gasteiger partial charge in [0, 0.05) is 45.6 Å². The lowest BCUT2D eigenvalue weighted by atomic mass is 10.1. The number of hydrogen-bond donors (Lipinski definition) is 0. The fourth-order valence-electron chi connectivity index (χ4n) is 3.86. The normalized spacial score (nSPS) is 17.4. The maximum absolute atomic E-state index is 4.53. The van der Waals surface area contributed by atoms with E-state index in [1.165, 1.54) is 18.5 Å². The average Bonchev–Trinajstić information content (AvgIpc) is 3.20. The van der Waals surface area contributed by atoms with Crippen LogP contribution in [0.2, 0.25) is 0 Å². The van der Waals surface area contributed by atoms with Crippen LogP contribution in [0.15, 0.2) is 30.6 Å². The van der Waals surface area contributed by atoms with Gasteiger partial charge in [-0.05, 0) is 38.0 Å². The van der Waals surface area contributed by atoms with Crippen molar-refractivity contribution >= 4 is 22.5 Å². The van der Waals surface area contributed by atoms with Gasteiger partial charge < -0.3 is 9.80 Å². The zero-order valence-electron chi connectivity index (χ0n) is 14.9. The number of aryl methyl sites for hydroxylation is 2. The van der Waals surface area contributed by atoms with Crippen LogP contribution in [-0.2, 0) is 7.05 Å². The molecule has 130 valence electrons. The highest BCUT2D eigenvalue weighted by Gasteiger charge is 2.27. The van der Waals surface area contributed by atoms with E-state index in [1.807, 2.05) is 37.0 Å². The Morgan fingerprint density at radius 1 is 1.28 bits per heavy atom. The van der Waals surface area contributed by atoms with Crippen molar-refractivity contribution in [2.24, 2.45) is 7.05 Å². The molecule has 1 atom stereocenters. The molecule has 1 unspecified atom stereocenters. The Bertz CT molecular complexity index is 874. The van der Waals surface area contributed by atoms with Gasteiger partial charge in [0.15, 0.2) is 11.5 Å². The van der Waals surface area contributed by atoms with Crippen LogP contribution in [0.4, 0.5) is 11.5 Å². The lowest BCUT2D eigenvalue weighted by Gasteiger charge is -2.30. The predicted molar refractivity (Wildman–Crippen MR) is 98.9 cm³/mol. The molecule has 0 radical (unpaired) electrons. The molecule has 1 aliphatic rings. The molecule has 3 aromatic rings. The van der Waals surface area contributed by atoms with Crippen LogP contribution >= 0.6 is 0 Å². The van der Waals surface area contributed by atoms with Crippen LogP contribution in [-0.4, -0.2) is 51.1 Å². The van der Waals surface area contributed by atoms with E-state index in [2.05, 4.69) is 43.2 Å². The molecule has 0 N–H and O–H groups in total. The van der Waals surface area contributed by atoms with Crippen LogP contribution in [0.3, 0.4) is 0 Å². The van der Waals surface area contributed by atoms with Gasteiger partial charge in [0.05, 0.1) is 16.8 Å². The molecule has 0 aromatic carbocycles. The first-order valence-electron chi connectivity index (χ1n) is 8.69. The molecule has 4 rings (SSSR count). The van der Waals surface area contributed by atoms with Crippen molar-refractivity contribution in [1.29, 1.82) is 0 Å². The number of pyridine rings is 1. The van der Waals surface area contributed by atoms with E-state index >= 15 is 0 Å². The van der Waals surface area contributed by atoms with E-state index < -0.39 is 0 Å². The van der Waals surface area contributed by atoms with E-state index in [1.54, 1.807) is 6.20 Å². The quantitative estimate of drug-likeness (QED) is 0.727. The summed E-state index contributed by atoms with van der Waals surface area (Å²) in [6.07, 6.45) is 5.94. The Morgan fingerprint density at radius 2 is 2.16 bits per heavy atom. The molecule has 25 heavy (non-hydrogen) atoms. The van der Waals surface area contributed by atoms with Crippen molar-refractivity contribution in [3.63, 3.8) is 0 Å². The Morgan fingerprint density at radius 3 is 2.96 bits per heavy atom. The second-order valence-electron chi connectivity index (χ2n) is 6.69. The van der Waals surface area contributed by atoms with Gasteiger partial charge in [-0.1, -0.05) is 0 Å². The molecule has 0 aliphatic carbocycles. The second kappa shape index (κ2) is 6.31. The number of anilines is 2. The van der Waals surface area contributed by atoms with Crippen molar-refractivity contribution in [3.8, 4) is 0 Å². The second-order valence-corrected chi connectivity index (χ2v) is 6.69. The van der Waals surface area contributed by atoms with E-state index in [-0.39, 0.29) is 0 Å². The Labute approximate surface area is 147 Å². The molecular weight excluding hydrogens is 314 g/mol. The number of rotatable bonds is 4. The van der Waals surface area contributed by atoms with Gasteiger partial charge in [-0.15, -0.1) is 5.10 Å². The lowest BCUT2D eigenvalue weighted by Crippen LogP contribution is -2.39. The van der Waals surface area contributed by atoms with Gasteiger partial charge in [-0.25, -0.2) is 4.98 Å². The maximum atomic E-state index is 4.53. The van der Waals surface area contributed by atoms with Gasteiger partial charge in [0.2, 0.25) is 0 Å². The smallest absolute Gasteiger partial charge is 0.159 e. The first-order valence-corrected chi connectivity index (χ1v) is 8.69. The minimum Gasteiger partial charge on any atom is -0.372 e. The van der Waals surface area contributed by atoms with Gasteiger partial charge in [0.25, 0.3) is 0 Å². The van der Waals surface area contributed by atoms with Gasteiger partial charge >= 0.3 is 0 Å². The standard InChI is InChI=1S/C18H23N7/c1-13-17-15(8-10-19-18(17)24(3)22-13)23(2)12-14-6-5-11-25(14)16-7-4-9-20-21-16/h4,7-10,14H,5-6,11-12H2,1-3H3. The first-order chi connectivity index (χ1) is 12.1. The molecule has 0 spiro atoms. The van der Waals surface area contributed by atoms with E-state index in [4.69, 9.17) is 0 Å². The molecule has 7 nitrogen and oxygen atoms in total. The van der Waals surface area contributed by atoms with E-state index in [0.717, 1.165) is 35.6 Å². The SMILES string of the molecule is Cc1nn(C)c2nccc(N(C)CC3CCCN3c3cccnn3)c12. The molecule has 3 aromatic heterocycles. The summed E-state index contributed by atoms with van der Waals surface area (Å²) in [7, 11) is 4.09. The monoisotopic (exact) mass is 337 g/mol. The fraction of sp³-hybridized carbons (Fsp3) is 0.444. The maximum Gasteiger partial charge on any atom is 0.159 e. The van der Waals surface area contributed by atoms with Crippen LogP contribution in [0.1, 0.15) is 18.5 Å². The van der Waals surface area contributed by atoms with E-state index in [0.29, 0.717) is 6.04 Å². The molecule has 7 heteroatoms. The molecule has 0 amide bonds. The molecule has 0 bridgehead atoms. The van der Waals surface area contributed by atoms with Gasteiger partial charge in [0.1, 0.15) is 0 Å². The lowest BCUT2D eigenvalue weighted by molar-refractivity contribution is 0.647. The van der Waals surface area contributed by atoms with Crippen LogP contribution < -0.4 is 9.80 Å². The molecule has 1 saturated heterocycles. The van der Waals surface area contributed by atoms with Crippen molar-refractivity contribution in [3.05, 3.63) is 36.3 Å². The third-order valence-electron chi connectivity index (χ3n) is 5.00. The highest BCUT2D eigenvalue weighted by molar-refractivity contribution is 5.91. The Kier molecular flexibility index (Phi) is 3.99. The summed E-state index contributed by atoms with van der Waals surface area (Å²) in [4.78, 5) is 9.17. The van der Waals surface area contributed by atoms with E-state index in [9.17, 15) is 0 Å². The summed E-state index contributed by atoms with van der Waals surface area (Å²) in [5, 5.41) is 14.0. The summed E-state index contributed by atoms with van der Waals surface area (Å²) in [5.74, 6) is 0.968. The Hall–Kier alpha value is -2.70. The van der Waals surface area contributed by atoms with Crippen molar-refractivity contribution in [2.75, 3.05) is 29.9 Å². The largest absolute Gasteiger partial charge is 0.372 e. The summed E-state index contributed by atoms with van der Waals surface area (Å²) >= 11 is 0. The molecule has 1 fully saturated rings. The third-order valence-corrected chi connectivity index (χ3v) is 5.00. The number of aromatic nitrogens is 5. The van der Waals surface area contributed by atoms with Crippen molar-refractivity contribution in [2.45, 2.75) is 25.8 Å². The van der Waals surface area contributed by atoms with Crippen molar-refractivity contribution < 1.29 is 0 Å². The fourth-order valence-corrected chi connectivity index (χ4v) is 3.86. The van der Waals surface area contributed by atoms with Gasteiger partial charge in [-0.3, -0.25) is 4.68 Å². The first kappa shape index (κ1) is 15.8. The highest BCUT2D eigenvalue weighted by atomic mass is 15.3. The number of hydrogen-bond acceptors (Lipinski definition) is 6. The summed E-state index contributed by atoms with van der Waals surface area (Å²) in [5.41, 5.74) is 3.13. The molecule has 0 saturated carbocycles. The van der Waals surface area contributed by atoms with Crippen LogP contribution in [0.25, 0.3) is 11.0 Å². The third kappa shape index (κ3) is 2.79. The number of likely N-dealkylation sites (N-methyl/N-ethyl adjacent to an activating group) is 1. The number of nitrogens with zero attached hydrogens (tertiary/aromatic N) is 7. The summed E-state index contributed by atoms with van der Waals surface area (Å²) < 4.78 is 1.85. The minimum atomic E-state index is 0.432.